The number of hydrogen-bond acceptors (Lipinski definition) is 6. The van der Waals surface area contributed by atoms with Gasteiger partial charge in [-0.1, -0.05) is 0 Å². The van der Waals surface area contributed by atoms with E-state index in [2.05, 4.69) is 20.9 Å². The number of aromatic nitrogens is 1. The summed E-state index contributed by atoms with van der Waals surface area (Å²) >= 11 is 0. The Bertz CT molecular complexity index is 1050. The number of anilines is 2. The quantitative estimate of drug-likeness (QED) is 0.508. The van der Waals surface area contributed by atoms with Crippen molar-refractivity contribution in [3.8, 4) is 23.0 Å². The summed E-state index contributed by atoms with van der Waals surface area (Å²) in [6, 6.07) is 12.0. The predicted molar refractivity (Wildman–Crippen MR) is 117 cm³/mol. The summed E-state index contributed by atoms with van der Waals surface area (Å²) in [5.41, 5.74) is 2.63. The first kappa shape index (κ1) is 21.7. The van der Waals surface area contributed by atoms with Gasteiger partial charge in [-0.3, -0.25) is 4.79 Å². The highest BCUT2D eigenvalue weighted by Crippen LogP contribution is 2.28. The van der Waals surface area contributed by atoms with Crippen molar-refractivity contribution < 1.29 is 23.5 Å². The van der Waals surface area contributed by atoms with Crippen LogP contribution in [-0.4, -0.2) is 37.7 Å². The van der Waals surface area contributed by atoms with Crippen molar-refractivity contribution in [3.05, 3.63) is 54.4 Å². The van der Waals surface area contributed by atoms with E-state index in [0.29, 0.717) is 36.0 Å². The first-order chi connectivity index (χ1) is 15.0. The zero-order valence-electron chi connectivity index (χ0n) is 17.5. The maximum Gasteiger partial charge on any atom is 0.319 e. The molecule has 0 saturated carbocycles. The Balaban J connectivity index is 1.50. The molecule has 3 amide bonds. The third-order valence-electron chi connectivity index (χ3n) is 4.33. The lowest BCUT2D eigenvalue weighted by Crippen LogP contribution is -2.30. The van der Waals surface area contributed by atoms with Gasteiger partial charge in [-0.25, -0.2) is 9.78 Å². The van der Waals surface area contributed by atoms with E-state index in [9.17, 15) is 9.59 Å². The summed E-state index contributed by atoms with van der Waals surface area (Å²) in [7, 11) is 3.10. The molecule has 3 rings (SSSR count). The van der Waals surface area contributed by atoms with Crippen LogP contribution in [0.25, 0.3) is 11.5 Å². The number of nitrogens with one attached hydrogen (secondary N) is 3. The van der Waals surface area contributed by atoms with Crippen molar-refractivity contribution in [2.45, 2.75) is 13.3 Å². The molecule has 0 unspecified atom stereocenters. The van der Waals surface area contributed by atoms with E-state index in [1.165, 1.54) is 14.0 Å². The summed E-state index contributed by atoms with van der Waals surface area (Å²) < 4.78 is 15.9. The molecule has 9 heteroatoms. The van der Waals surface area contributed by atoms with Crippen LogP contribution < -0.4 is 25.4 Å². The van der Waals surface area contributed by atoms with E-state index in [1.54, 1.807) is 31.6 Å². The highest BCUT2D eigenvalue weighted by atomic mass is 16.5. The third-order valence-corrected chi connectivity index (χ3v) is 4.33. The standard InChI is InChI=1S/C22H24N4O5/c1-14(27)24-19-9-6-16(12-20(19)30-3)26-22(28)23-11-10-17-13-31-21(25-17)15-4-7-18(29-2)8-5-15/h4-9,12-13H,10-11H2,1-3H3,(H,24,27)(H2,23,26,28). The number of oxazole rings is 1. The number of methoxy groups -OCH3 is 2. The lowest BCUT2D eigenvalue weighted by molar-refractivity contribution is -0.114. The maximum atomic E-state index is 12.2. The highest BCUT2D eigenvalue weighted by Gasteiger charge is 2.10. The average molecular weight is 424 g/mol. The van der Waals surface area contributed by atoms with Gasteiger partial charge < -0.3 is 29.8 Å². The molecule has 9 nitrogen and oxygen atoms in total. The molecule has 3 aromatic rings. The number of hydrogen-bond donors (Lipinski definition) is 3. The summed E-state index contributed by atoms with van der Waals surface area (Å²) in [5, 5.41) is 8.16. The Labute approximate surface area is 179 Å². The Hall–Kier alpha value is -4.01. The molecule has 162 valence electrons. The number of ether oxygens (including phenoxy) is 2. The molecule has 0 fully saturated rings. The number of carbonyl (C=O) groups is 2. The molecule has 0 saturated heterocycles. The van der Waals surface area contributed by atoms with E-state index < -0.39 is 0 Å². The molecule has 1 heterocycles. The van der Waals surface area contributed by atoms with Gasteiger partial charge in [0.1, 0.15) is 17.8 Å². The van der Waals surface area contributed by atoms with Gasteiger partial charge in [0.2, 0.25) is 11.8 Å². The average Bonchev–Trinajstić information content (AvgIpc) is 3.23. The predicted octanol–water partition coefficient (Wildman–Crippen LogP) is 3.68. The van der Waals surface area contributed by atoms with Gasteiger partial charge in [0.15, 0.2) is 0 Å². The SMILES string of the molecule is COc1ccc(-c2nc(CCNC(=O)Nc3ccc(NC(C)=O)c(OC)c3)co2)cc1. The number of amides is 3. The molecule has 0 bridgehead atoms. The van der Waals surface area contributed by atoms with Gasteiger partial charge in [0.25, 0.3) is 0 Å². The molecule has 0 aliphatic rings. The summed E-state index contributed by atoms with van der Waals surface area (Å²) in [5.74, 6) is 1.50. The van der Waals surface area contributed by atoms with Crippen molar-refractivity contribution >= 4 is 23.3 Å². The van der Waals surface area contributed by atoms with Crippen molar-refractivity contribution in [2.75, 3.05) is 31.4 Å². The van der Waals surface area contributed by atoms with Crippen LogP contribution in [0.5, 0.6) is 11.5 Å². The Morgan fingerprint density at radius 3 is 2.48 bits per heavy atom. The molecule has 0 atom stereocenters. The molecule has 0 aliphatic heterocycles. The Morgan fingerprint density at radius 2 is 1.81 bits per heavy atom. The van der Waals surface area contributed by atoms with E-state index in [4.69, 9.17) is 13.9 Å². The van der Waals surface area contributed by atoms with E-state index in [1.807, 2.05) is 24.3 Å². The molecule has 0 aliphatic carbocycles. The largest absolute Gasteiger partial charge is 0.497 e. The van der Waals surface area contributed by atoms with Crippen molar-refractivity contribution in [3.63, 3.8) is 0 Å². The minimum absolute atomic E-state index is 0.209. The van der Waals surface area contributed by atoms with Crippen LogP contribution in [0, 0.1) is 0 Å². The van der Waals surface area contributed by atoms with E-state index in [-0.39, 0.29) is 11.9 Å². The van der Waals surface area contributed by atoms with Crippen LogP contribution in [0.2, 0.25) is 0 Å². The molecular formula is C22H24N4O5. The lowest BCUT2D eigenvalue weighted by atomic mass is 10.2. The smallest absolute Gasteiger partial charge is 0.319 e. The van der Waals surface area contributed by atoms with Gasteiger partial charge >= 0.3 is 6.03 Å². The monoisotopic (exact) mass is 424 g/mol. The van der Waals surface area contributed by atoms with Crippen molar-refractivity contribution in [1.29, 1.82) is 0 Å². The van der Waals surface area contributed by atoms with Crippen LogP contribution in [0.1, 0.15) is 12.6 Å². The van der Waals surface area contributed by atoms with Crippen LogP contribution in [0.15, 0.2) is 53.1 Å². The third kappa shape index (κ3) is 5.99. The molecular weight excluding hydrogens is 400 g/mol. The summed E-state index contributed by atoms with van der Waals surface area (Å²) in [4.78, 5) is 27.8. The first-order valence-corrected chi connectivity index (χ1v) is 9.58. The lowest BCUT2D eigenvalue weighted by Gasteiger charge is -2.12. The second-order valence-corrected chi connectivity index (χ2v) is 6.60. The zero-order chi connectivity index (χ0) is 22.2. The summed E-state index contributed by atoms with van der Waals surface area (Å²) in [6.45, 7) is 1.79. The highest BCUT2D eigenvalue weighted by molar-refractivity contribution is 5.93. The van der Waals surface area contributed by atoms with Gasteiger partial charge in [0, 0.05) is 37.2 Å². The van der Waals surface area contributed by atoms with Crippen molar-refractivity contribution in [1.82, 2.24) is 10.3 Å². The van der Waals surface area contributed by atoms with Gasteiger partial charge in [-0.05, 0) is 36.4 Å². The van der Waals surface area contributed by atoms with Gasteiger partial charge in [-0.15, -0.1) is 0 Å². The van der Waals surface area contributed by atoms with Crippen LogP contribution in [-0.2, 0) is 11.2 Å². The normalized spacial score (nSPS) is 10.3. The zero-order valence-corrected chi connectivity index (χ0v) is 17.5. The number of benzene rings is 2. The van der Waals surface area contributed by atoms with Crippen LogP contribution in [0.3, 0.4) is 0 Å². The molecule has 3 N–H and O–H groups in total. The number of nitrogens with zero attached hydrogens (tertiary/aromatic N) is 1. The van der Waals surface area contributed by atoms with Gasteiger partial charge in [0.05, 0.1) is 25.6 Å². The molecule has 0 radical (unpaired) electrons. The van der Waals surface area contributed by atoms with Crippen LogP contribution >= 0.6 is 0 Å². The molecule has 31 heavy (non-hydrogen) atoms. The molecule has 0 spiro atoms. The number of urea groups is 1. The topological polar surface area (TPSA) is 115 Å². The van der Waals surface area contributed by atoms with Crippen molar-refractivity contribution in [2.24, 2.45) is 0 Å². The Kier molecular flexibility index (Phi) is 7.10. The maximum absolute atomic E-state index is 12.2. The minimum Gasteiger partial charge on any atom is -0.497 e. The first-order valence-electron chi connectivity index (χ1n) is 9.58. The second kappa shape index (κ2) is 10.1. The molecule has 2 aromatic carbocycles. The molecule has 1 aromatic heterocycles. The fourth-order valence-corrected chi connectivity index (χ4v) is 2.83. The fraction of sp³-hybridized carbons (Fsp3) is 0.227. The Morgan fingerprint density at radius 1 is 1.03 bits per heavy atom. The van der Waals surface area contributed by atoms with E-state index in [0.717, 1.165) is 17.0 Å². The minimum atomic E-state index is -0.367. The number of rotatable bonds is 8. The van der Waals surface area contributed by atoms with E-state index >= 15 is 0 Å². The van der Waals surface area contributed by atoms with Gasteiger partial charge in [-0.2, -0.15) is 0 Å². The number of carbonyl (C=O) groups excluding carboxylic acids is 2. The second-order valence-electron chi connectivity index (χ2n) is 6.60. The summed E-state index contributed by atoms with van der Waals surface area (Å²) in [6.07, 6.45) is 2.09. The van der Waals surface area contributed by atoms with Crippen LogP contribution in [0.4, 0.5) is 16.2 Å². The fourth-order valence-electron chi connectivity index (χ4n) is 2.83.